The van der Waals surface area contributed by atoms with E-state index >= 15 is 0 Å². The molecule has 0 aliphatic rings. The van der Waals surface area contributed by atoms with Crippen molar-refractivity contribution in [3.8, 4) is 11.5 Å². The maximum Gasteiger partial charge on any atom is 0.220 e. The van der Waals surface area contributed by atoms with E-state index < -0.39 is 0 Å². The number of hydrogen-bond donors (Lipinski definition) is 2. The average molecular weight is 425 g/mol. The number of methoxy groups -OCH3 is 3. The number of aromatic amines is 1. The fourth-order valence-corrected chi connectivity index (χ4v) is 4.10. The number of benzene rings is 2. The predicted octanol–water partition coefficient (Wildman–Crippen LogP) is 4.42. The molecule has 0 spiro atoms. The topological polar surface area (TPSA) is 72.6 Å². The molecule has 31 heavy (non-hydrogen) atoms. The molecule has 1 atom stereocenters. The summed E-state index contributed by atoms with van der Waals surface area (Å²) in [6.07, 6.45) is 4.04. The van der Waals surface area contributed by atoms with E-state index in [0.717, 1.165) is 34.9 Å². The number of rotatable bonds is 11. The number of fused-ring (bicyclic) bond motifs is 1. The highest BCUT2D eigenvalue weighted by molar-refractivity contribution is 5.88. The van der Waals surface area contributed by atoms with Crippen molar-refractivity contribution in [1.29, 1.82) is 0 Å². The summed E-state index contributed by atoms with van der Waals surface area (Å²) in [4.78, 5) is 16.3. The van der Waals surface area contributed by atoms with E-state index in [1.807, 2.05) is 24.4 Å². The van der Waals surface area contributed by atoms with Crippen molar-refractivity contribution in [3.63, 3.8) is 0 Å². The summed E-state index contributed by atoms with van der Waals surface area (Å²) < 4.78 is 16.3. The smallest absolute Gasteiger partial charge is 0.220 e. The third-order valence-electron chi connectivity index (χ3n) is 5.64. The molecule has 1 unspecified atom stereocenters. The molecule has 1 aromatic heterocycles. The third-order valence-corrected chi connectivity index (χ3v) is 5.64. The molecule has 0 radical (unpaired) electrons. The lowest BCUT2D eigenvalue weighted by molar-refractivity contribution is -0.121. The van der Waals surface area contributed by atoms with Gasteiger partial charge in [0.1, 0.15) is 0 Å². The minimum Gasteiger partial charge on any atom is -0.493 e. The van der Waals surface area contributed by atoms with Gasteiger partial charge in [-0.15, -0.1) is 0 Å². The van der Waals surface area contributed by atoms with Crippen LogP contribution in [0.25, 0.3) is 10.9 Å². The molecule has 6 nitrogen and oxygen atoms in total. The van der Waals surface area contributed by atoms with E-state index in [4.69, 9.17) is 14.2 Å². The molecule has 1 amide bonds. The first-order valence-electron chi connectivity index (χ1n) is 10.7. The van der Waals surface area contributed by atoms with Crippen LogP contribution in [0.1, 0.15) is 42.4 Å². The van der Waals surface area contributed by atoms with Crippen molar-refractivity contribution in [2.24, 2.45) is 0 Å². The fraction of sp³-hybridized carbons (Fsp3) is 0.400. The van der Waals surface area contributed by atoms with Gasteiger partial charge in [-0.05, 0) is 30.0 Å². The normalized spacial score (nSPS) is 12.0. The lowest BCUT2D eigenvalue weighted by atomic mass is 9.86. The highest BCUT2D eigenvalue weighted by Crippen LogP contribution is 2.42. The van der Waals surface area contributed by atoms with Crippen LogP contribution in [0.3, 0.4) is 0 Å². The molecule has 1 heterocycles. The summed E-state index contributed by atoms with van der Waals surface area (Å²) in [7, 11) is 4.92. The largest absolute Gasteiger partial charge is 0.493 e. The maximum absolute atomic E-state index is 12.9. The number of hydrogen-bond acceptors (Lipinski definition) is 4. The Bertz CT molecular complexity index is 1010. The third kappa shape index (κ3) is 5.02. The fourth-order valence-electron chi connectivity index (χ4n) is 4.10. The van der Waals surface area contributed by atoms with Crippen LogP contribution in [0, 0.1) is 0 Å². The highest BCUT2D eigenvalue weighted by Gasteiger charge is 2.26. The van der Waals surface area contributed by atoms with Crippen LogP contribution in [0.5, 0.6) is 11.5 Å². The van der Waals surface area contributed by atoms with Crippen LogP contribution in [0.4, 0.5) is 0 Å². The summed E-state index contributed by atoms with van der Waals surface area (Å²) in [5, 5.41) is 4.14. The number of aryl methyl sites for hydroxylation is 1. The Morgan fingerprint density at radius 2 is 1.87 bits per heavy atom. The van der Waals surface area contributed by atoms with Gasteiger partial charge in [0.2, 0.25) is 5.91 Å². The Kier molecular flexibility index (Phi) is 7.95. The summed E-state index contributed by atoms with van der Waals surface area (Å²) in [5.74, 6) is 1.11. The molecular weight excluding hydrogens is 392 g/mol. The summed E-state index contributed by atoms with van der Waals surface area (Å²) in [6, 6.07) is 12.1. The summed E-state index contributed by atoms with van der Waals surface area (Å²) in [6.45, 7) is 3.35. The maximum atomic E-state index is 12.9. The Hall–Kier alpha value is -2.99. The van der Waals surface area contributed by atoms with Gasteiger partial charge in [-0.2, -0.15) is 0 Å². The molecule has 0 aliphatic heterocycles. The molecule has 0 saturated carbocycles. The first kappa shape index (κ1) is 22.7. The molecule has 3 rings (SSSR count). The SMILES string of the molecule is CCc1cccc2c(C(CC(=O)NCCCOC)c3cccc(OC)c3OC)c[nH]c12. The number of carbonyl (C=O) groups excluding carboxylic acids is 1. The first-order chi connectivity index (χ1) is 15.1. The number of H-pyrrole nitrogens is 1. The second kappa shape index (κ2) is 10.9. The lowest BCUT2D eigenvalue weighted by Gasteiger charge is -2.21. The zero-order chi connectivity index (χ0) is 22.2. The monoisotopic (exact) mass is 424 g/mol. The number of aromatic nitrogens is 1. The molecular formula is C25H32N2O4. The van der Waals surface area contributed by atoms with Crippen molar-refractivity contribution in [1.82, 2.24) is 10.3 Å². The van der Waals surface area contributed by atoms with E-state index in [1.165, 1.54) is 5.56 Å². The van der Waals surface area contributed by atoms with Gasteiger partial charge in [0.05, 0.1) is 14.2 Å². The number of para-hydroxylation sites is 2. The van der Waals surface area contributed by atoms with Gasteiger partial charge in [0.25, 0.3) is 0 Å². The van der Waals surface area contributed by atoms with E-state index in [9.17, 15) is 4.79 Å². The van der Waals surface area contributed by atoms with Crippen LogP contribution in [-0.2, 0) is 16.0 Å². The van der Waals surface area contributed by atoms with Gasteiger partial charge >= 0.3 is 0 Å². The first-order valence-corrected chi connectivity index (χ1v) is 10.7. The molecule has 0 bridgehead atoms. The zero-order valence-corrected chi connectivity index (χ0v) is 18.8. The Morgan fingerprint density at radius 3 is 2.58 bits per heavy atom. The van der Waals surface area contributed by atoms with E-state index in [0.29, 0.717) is 31.1 Å². The van der Waals surface area contributed by atoms with Crippen molar-refractivity contribution in [2.75, 3.05) is 34.5 Å². The Morgan fingerprint density at radius 1 is 1.06 bits per heavy atom. The molecule has 3 aromatic rings. The van der Waals surface area contributed by atoms with Crippen LogP contribution in [0.15, 0.2) is 42.6 Å². The quantitative estimate of drug-likeness (QED) is 0.447. The van der Waals surface area contributed by atoms with E-state index in [2.05, 4.69) is 35.4 Å². The number of amides is 1. The average Bonchev–Trinajstić information content (AvgIpc) is 3.23. The minimum absolute atomic E-state index is 0.00743. The predicted molar refractivity (Wildman–Crippen MR) is 123 cm³/mol. The molecule has 0 aliphatic carbocycles. The van der Waals surface area contributed by atoms with Crippen LogP contribution in [0.2, 0.25) is 0 Å². The van der Waals surface area contributed by atoms with Crippen LogP contribution >= 0.6 is 0 Å². The van der Waals surface area contributed by atoms with Gasteiger partial charge in [-0.25, -0.2) is 0 Å². The van der Waals surface area contributed by atoms with Crippen LogP contribution in [-0.4, -0.2) is 45.4 Å². The lowest BCUT2D eigenvalue weighted by Crippen LogP contribution is -2.27. The van der Waals surface area contributed by atoms with E-state index in [-0.39, 0.29) is 11.8 Å². The van der Waals surface area contributed by atoms with E-state index in [1.54, 1.807) is 21.3 Å². The van der Waals surface area contributed by atoms with Crippen molar-refractivity contribution >= 4 is 16.8 Å². The molecule has 2 N–H and O–H groups in total. The summed E-state index contributed by atoms with van der Waals surface area (Å²) >= 11 is 0. The van der Waals surface area contributed by atoms with Crippen LogP contribution < -0.4 is 14.8 Å². The van der Waals surface area contributed by atoms with Gasteiger partial charge in [-0.1, -0.05) is 37.3 Å². The van der Waals surface area contributed by atoms with Gasteiger partial charge in [0.15, 0.2) is 11.5 Å². The van der Waals surface area contributed by atoms with Crippen molar-refractivity contribution < 1.29 is 19.0 Å². The molecule has 0 saturated heterocycles. The second-order valence-corrected chi connectivity index (χ2v) is 7.47. The van der Waals surface area contributed by atoms with Crippen molar-refractivity contribution in [3.05, 3.63) is 59.3 Å². The highest BCUT2D eigenvalue weighted by atomic mass is 16.5. The molecule has 2 aromatic carbocycles. The molecule has 166 valence electrons. The zero-order valence-electron chi connectivity index (χ0n) is 18.8. The van der Waals surface area contributed by atoms with Gasteiger partial charge in [-0.3, -0.25) is 4.79 Å². The Balaban J connectivity index is 2.03. The number of carbonyl (C=O) groups is 1. The van der Waals surface area contributed by atoms with Gasteiger partial charge in [0, 0.05) is 55.3 Å². The van der Waals surface area contributed by atoms with Gasteiger partial charge < -0.3 is 24.5 Å². The minimum atomic E-state index is -0.187. The Labute approximate surface area is 183 Å². The summed E-state index contributed by atoms with van der Waals surface area (Å²) in [5.41, 5.74) is 4.37. The second-order valence-electron chi connectivity index (χ2n) is 7.47. The number of ether oxygens (including phenoxy) is 3. The van der Waals surface area contributed by atoms with Crippen molar-refractivity contribution in [2.45, 2.75) is 32.1 Å². The standard InChI is InChI=1S/C25H32N2O4/c1-5-17-9-6-10-18-21(16-27-24(17)18)20(15-23(28)26-13-8-14-29-2)19-11-7-12-22(30-3)25(19)31-4/h6-7,9-12,16,20,27H,5,8,13-15H2,1-4H3,(H,26,28). The molecule has 0 fully saturated rings. The molecule has 6 heteroatoms. The number of nitrogens with one attached hydrogen (secondary N) is 2.